The number of nitrogens with one attached hydrogen (secondary N) is 1. The van der Waals surface area contributed by atoms with Crippen LogP contribution >= 0.6 is 34.5 Å². The zero-order valence-electron chi connectivity index (χ0n) is 17.3. The maximum absolute atomic E-state index is 12.4. The molecule has 0 saturated carbocycles. The molecular weight excluding hydrogens is 459 g/mol. The SMILES string of the molecule is CCCc1cc(C(=O)OCC)c(NCC(O)(Cn2cncn2)c2ccc(Cl)cc2Cl)s1. The van der Waals surface area contributed by atoms with Gasteiger partial charge in [0.2, 0.25) is 0 Å². The van der Waals surface area contributed by atoms with Crippen LogP contribution in [0.15, 0.2) is 36.9 Å². The van der Waals surface area contributed by atoms with Crippen molar-refractivity contribution in [2.75, 3.05) is 18.5 Å². The Morgan fingerprint density at radius 1 is 1.32 bits per heavy atom. The fourth-order valence-electron chi connectivity index (χ4n) is 3.22. The molecule has 0 aliphatic heterocycles. The van der Waals surface area contributed by atoms with Crippen LogP contribution in [-0.2, 0) is 23.3 Å². The van der Waals surface area contributed by atoms with Gasteiger partial charge in [0.05, 0.1) is 25.3 Å². The van der Waals surface area contributed by atoms with E-state index in [0.29, 0.717) is 26.2 Å². The van der Waals surface area contributed by atoms with Gasteiger partial charge in [0.1, 0.15) is 23.3 Å². The first kappa shape index (κ1) is 23.5. The van der Waals surface area contributed by atoms with E-state index in [1.54, 1.807) is 25.1 Å². The second-order valence-electron chi connectivity index (χ2n) is 7.03. The molecule has 0 spiro atoms. The molecule has 2 heterocycles. The van der Waals surface area contributed by atoms with Crippen LogP contribution in [0.1, 0.15) is 41.1 Å². The van der Waals surface area contributed by atoms with Gasteiger partial charge in [-0.05, 0) is 31.5 Å². The molecule has 3 aromatic rings. The molecule has 10 heteroatoms. The number of anilines is 1. The van der Waals surface area contributed by atoms with Crippen LogP contribution in [0.4, 0.5) is 5.00 Å². The molecule has 2 N–H and O–H groups in total. The first-order chi connectivity index (χ1) is 14.9. The van der Waals surface area contributed by atoms with Crippen LogP contribution in [0.5, 0.6) is 0 Å². The van der Waals surface area contributed by atoms with Crippen molar-refractivity contribution in [2.45, 2.75) is 38.8 Å². The van der Waals surface area contributed by atoms with Crippen molar-refractivity contribution in [1.82, 2.24) is 14.8 Å². The van der Waals surface area contributed by atoms with Crippen molar-refractivity contribution < 1.29 is 14.6 Å². The standard InChI is InChI=1S/C21H24Cl2N4O3S/c1-3-5-15-9-16(20(28)30-4-2)19(31-15)25-10-21(29,11-27-13-24-12-26-27)17-7-6-14(22)8-18(17)23/h6-9,12-13,25,29H,3-5,10-11H2,1-2H3. The van der Waals surface area contributed by atoms with Gasteiger partial charge in [-0.2, -0.15) is 5.10 Å². The van der Waals surface area contributed by atoms with Gasteiger partial charge in [0.15, 0.2) is 0 Å². The second kappa shape index (κ2) is 10.5. The number of aromatic nitrogens is 3. The lowest BCUT2D eigenvalue weighted by atomic mass is 9.93. The smallest absolute Gasteiger partial charge is 0.341 e. The van der Waals surface area contributed by atoms with Crippen molar-refractivity contribution in [1.29, 1.82) is 0 Å². The summed E-state index contributed by atoms with van der Waals surface area (Å²) in [5, 5.41) is 20.4. The van der Waals surface area contributed by atoms with Gasteiger partial charge in [0, 0.05) is 20.5 Å². The van der Waals surface area contributed by atoms with Crippen LogP contribution in [0.2, 0.25) is 10.0 Å². The molecule has 0 fully saturated rings. The molecule has 2 aromatic heterocycles. The first-order valence-corrected chi connectivity index (χ1v) is 11.5. The number of esters is 1. The Kier molecular flexibility index (Phi) is 7.94. The molecule has 0 radical (unpaired) electrons. The number of aryl methyl sites for hydroxylation is 1. The number of rotatable bonds is 10. The van der Waals surface area contributed by atoms with Gasteiger partial charge in [-0.1, -0.05) is 42.6 Å². The fourth-order valence-corrected chi connectivity index (χ4v) is 4.94. The van der Waals surface area contributed by atoms with Crippen molar-refractivity contribution in [2.24, 2.45) is 0 Å². The Labute approximate surface area is 195 Å². The number of nitrogens with zero attached hydrogens (tertiary/aromatic N) is 3. The predicted octanol–water partition coefficient (Wildman–Crippen LogP) is 4.78. The monoisotopic (exact) mass is 482 g/mol. The van der Waals surface area contributed by atoms with Gasteiger partial charge in [-0.15, -0.1) is 11.3 Å². The number of benzene rings is 1. The van der Waals surface area contributed by atoms with Crippen LogP contribution in [-0.4, -0.2) is 39.0 Å². The lowest BCUT2D eigenvalue weighted by Crippen LogP contribution is -2.39. The van der Waals surface area contributed by atoms with Crippen molar-refractivity contribution in [3.05, 3.63) is 63.0 Å². The summed E-state index contributed by atoms with van der Waals surface area (Å²) < 4.78 is 6.72. The lowest BCUT2D eigenvalue weighted by molar-refractivity contribution is 0.0282. The summed E-state index contributed by atoms with van der Waals surface area (Å²) >= 11 is 13.9. The average molecular weight is 483 g/mol. The number of carbonyl (C=O) groups excluding carboxylic acids is 1. The number of hydrogen-bond acceptors (Lipinski definition) is 7. The number of thiophene rings is 1. The zero-order chi connectivity index (χ0) is 22.4. The zero-order valence-corrected chi connectivity index (χ0v) is 19.6. The predicted molar refractivity (Wildman–Crippen MR) is 123 cm³/mol. The van der Waals surface area contributed by atoms with E-state index in [9.17, 15) is 9.90 Å². The number of aliphatic hydroxyl groups is 1. The van der Waals surface area contributed by atoms with Crippen molar-refractivity contribution in [3.8, 4) is 0 Å². The van der Waals surface area contributed by atoms with Gasteiger partial charge in [0.25, 0.3) is 0 Å². The number of ether oxygens (including phenoxy) is 1. The quantitative estimate of drug-likeness (QED) is 0.404. The molecule has 7 nitrogen and oxygen atoms in total. The van der Waals surface area contributed by atoms with Gasteiger partial charge in [-0.25, -0.2) is 14.5 Å². The summed E-state index contributed by atoms with van der Waals surface area (Å²) in [5.41, 5.74) is -0.499. The molecule has 1 atom stereocenters. The van der Waals surface area contributed by atoms with E-state index in [0.717, 1.165) is 17.7 Å². The average Bonchev–Trinajstić information content (AvgIpc) is 3.36. The van der Waals surface area contributed by atoms with Crippen molar-refractivity contribution in [3.63, 3.8) is 0 Å². The molecule has 0 amide bonds. The summed E-state index contributed by atoms with van der Waals surface area (Å²) in [6.45, 7) is 4.31. The van der Waals surface area contributed by atoms with E-state index in [-0.39, 0.29) is 19.7 Å². The van der Waals surface area contributed by atoms with E-state index >= 15 is 0 Å². The highest BCUT2D eigenvalue weighted by Crippen LogP contribution is 2.35. The van der Waals surface area contributed by atoms with Gasteiger partial charge >= 0.3 is 5.97 Å². The van der Waals surface area contributed by atoms with E-state index in [1.807, 2.05) is 6.07 Å². The summed E-state index contributed by atoms with van der Waals surface area (Å²) in [6.07, 6.45) is 4.72. The molecule has 3 rings (SSSR count). The van der Waals surface area contributed by atoms with E-state index in [2.05, 4.69) is 22.3 Å². The highest BCUT2D eigenvalue weighted by molar-refractivity contribution is 7.16. The van der Waals surface area contributed by atoms with E-state index in [1.165, 1.54) is 28.7 Å². The summed E-state index contributed by atoms with van der Waals surface area (Å²) in [4.78, 5) is 17.5. The fraction of sp³-hybridized carbons (Fsp3) is 0.381. The molecule has 0 saturated heterocycles. The van der Waals surface area contributed by atoms with Gasteiger partial charge < -0.3 is 15.2 Å². The lowest BCUT2D eigenvalue weighted by Gasteiger charge is -2.30. The Hall–Kier alpha value is -2.13. The maximum Gasteiger partial charge on any atom is 0.341 e. The van der Waals surface area contributed by atoms with Gasteiger partial charge in [-0.3, -0.25) is 0 Å². The molecule has 1 unspecified atom stereocenters. The Morgan fingerprint density at radius 3 is 2.77 bits per heavy atom. The number of hydrogen-bond donors (Lipinski definition) is 2. The van der Waals surface area contributed by atoms with Crippen LogP contribution < -0.4 is 5.32 Å². The molecular formula is C21H24Cl2N4O3S. The topological polar surface area (TPSA) is 89.3 Å². The highest BCUT2D eigenvalue weighted by Gasteiger charge is 2.33. The summed E-state index contributed by atoms with van der Waals surface area (Å²) in [7, 11) is 0. The van der Waals surface area contributed by atoms with E-state index in [4.69, 9.17) is 27.9 Å². The first-order valence-electron chi connectivity index (χ1n) is 9.90. The second-order valence-corrected chi connectivity index (χ2v) is 9.01. The maximum atomic E-state index is 12.4. The Balaban J connectivity index is 1.92. The van der Waals surface area contributed by atoms with E-state index < -0.39 is 11.6 Å². The molecule has 0 aliphatic rings. The molecule has 166 valence electrons. The third-order valence-electron chi connectivity index (χ3n) is 4.64. The van der Waals surface area contributed by atoms with Crippen LogP contribution in [0.25, 0.3) is 0 Å². The number of halogens is 2. The highest BCUT2D eigenvalue weighted by atomic mass is 35.5. The van der Waals surface area contributed by atoms with Crippen LogP contribution in [0.3, 0.4) is 0 Å². The molecule has 0 bridgehead atoms. The Bertz CT molecular complexity index is 1030. The summed E-state index contributed by atoms with van der Waals surface area (Å²) in [5.74, 6) is -0.395. The molecule has 1 aromatic carbocycles. The summed E-state index contributed by atoms with van der Waals surface area (Å²) in [6, 6.07) is 6.79. The minimum absolute atomic E-state index is 0.0761. The third kappa shape index (κ3) is 5.77. The molecule has 31 heavy (non-hydrogen) atoms. The van der Waals surface area contributed by atoms with Crippen LogP contribution in [0, 0.1) is 0 Å². The van der Waals surface area contributed by atoms with Crippen molar-refractivity contribution >= 4 is 45.5 Å². The normalized spacial score (nSPS) is 13.1. The number of carbonyl (C=O) groups is 1. The minimum atomic E-state index is -1.45. The molecule has 0 aliphatic carbocycles. The third-order valence-corrected chi connectivity index (χ3v) is 6.34. The Morgan fingerprint density at radius 2 is 2.13 bits per heavy atom. The largest absolute Gasteiger partial charge is 0.462 e. The minimum Gasteiger partial charge on any atom is -0.462 e.